The van der Waals surface area contributed by atoms with Crippen molar-refractivity contribution in [1.82, 2.24) is 5.32 Å². The monoisotopic (exact) mass is 355 g/mol. The van der Waals surface area contributed by atoms with Crippen LogP contribution in [0.15, 0.2) is 0 Å². The first-order valence-electron chi connectivity index (χ1n) is 10.3. The molecule has 146 valence electrons. The maximum absolute atomic E-state index is 12.5. The number of amides is 1. The van der Waals surface area contributed by atoms with E-state index in [-0.39, 0.29) is 5.97 Å². The fourth-order valence-electron chi connectivity index (χ4n) is 3.29. The zero-order valence-electron chi connectivity index (χ0n) is 16.2. The van der Waals surface area contributed by atoms with Crippen LogP contribution < -0.4 is 5.32 Å². The van der Waals surface area contributed by atoms with Gasteiger partial charge in [-0.1, -0.05) is 71.6 Å². The first-order chi connectivity index (χ1) is 12.1. The molecule has 1 aliphatic carbocycles. The van der Waals surface area contributed by atoms with Gasteiger partial charge in [0.1, 0.15) is 5.54 Å². The van der Waals surface area contributed by atoms with Gasteiger partial charge in [-0.15, -0.1) is 0 Å². The number of unbranched alkanes of at least 4 members (excludes halogenated alkanes) is 7. The molecule has 0 unspecified atom stereocenters. The molecule has 25 heavy (non-hydrogen) atoms. The van der Waals surface area contributed by atoms with E-state index < -0.39 is 11.6 Å². The van der Waals surface area contributed by atoms with E-state index in [0.717, 1.165) is 51.4 Å². The Morgan fingerprint density at radius 1 is 0.800 bits per heavy atom. The Morgan fingerprint density at radius 2 is 1.32 bits per heavy atom. The molecule has 1 fully saturated rings. The van der Waals surface area contributed by atoms with E-state index in [1.165, 1.54) is 19.3 Å². The van der Waals surface area contributed by atoms with Gasteiger partial charge in [0.25, 0.3) is 0 Å². The molecule has 0 bridgehead atoms. The van der Waals surface area contributed by atoms with Crippen LogP contribution in [0.3, 0.4) is 0 Å². The van der Waals surface area contributed by atoms with Crippen molar-refractivity contribution in [3.05, 3.63) is 0 Å². The second-order valence-electron chi connectivity index (χ2n) is 7.16. The summed E-state index contributed by atoms with van der Waals surface area (Å²) >= 11 is 0. The van der Waals surface area contributed by atoms with Gasteiger partial charge in [-0.05, 0) is 25.7 Å². The van der Waals surface area contributed by atoms with Crippen LogP contribution in [0, 0.1) is 0 Å². The van der Waals surface area contributed by atoms with Crippen molar-refractivity contribution in [2.45, 2.75) is 103 Å². The molecule has 0 radical (unpaired) electrons. The number of rotatable bonds is 13. The minimum absolute atomic E-state index is 0.288. The summed E-state index contributed by atoms with van der Waals surface area (Å²) in [6.45, 7) is 5.18. The molecule has 0 aliphatic heterocycles. The van der Waals surface area contributed by atoms with Gasteiger partial charge in [0.15, 0.2) is 0 Å². The standard InChI is InChI=1S/C20H37NO4/c1-3-5-7-9-13-16-24-18(22)20(14-10-11-15-20)21-19(23)25-17-12-8-6-4-2/h3-17H2,1-2H3,(H,21,23). The highest BCUT2D eigenvalue weighted by Gasteiger charge is 2.44. The normalized spacial score (nSPS) is 15.8. The van der Waals surface area contributed by atoms with Gasteiger partial charge in [0.2, 0.25) is 0 Å². The van der Waals surface area contributed by atoms with Gasteiger partial charge in [-0.25, -0.2) is 9.59 Å². The van der Waals surface area contributed by atoms with E-state index >= 15 is 0 Å². The van der Waals surface area contributed by atoms with E-state index in [9.17, 15) is 9.59 Å². The number of esters is 1. The average Bonchev–Trinajstić information content (AvgIpc) is 3.07. The third-order valence-electron chi connectivity index (χ3n) is 4.90. The highest BCUT2D eigenvalue weighted by molar-refractivity contribution is 5.86. The molecular formula is C20H37NO4. The summed E-state index contributed by atoms with van der Waals surface area (Å²) in [5, 5.41) is 2.81. The van der Waals surface area contributed by atoms with Gasteiger partial charge in [-0.3, -0.25) is 0 Å². The van der Waals surface area contributed by atoms with Crippen molar-refractivity contribution >= 4 is 12.1 Å². The van der Waals surface area contributed by atoms with Gasteiger partial charge in [0, 0.05) is 0 Å². The Balaban J connectivity index is 2.32. The molecule has 0 saturated heterocycles. The van der Waals surface area contributed by atoms with Crippen LogP contribution in [-0.2, 0) is 14.3 Å². The molecule has 0 aromatic rings. The predicted molar refractivity (Wildman–Crippen MR) is 99.5 cm³/mol. The topological polar surface area (TPSA) is 64.6 Å². The summed E-state index contributed by atoms with van der Waals surface area (Å²) < 4.78 is 10.7. The molecule has 1 saturated carbocycles. The molecule has 0 spiro atoms. The summed E-state index contributed by atoms with van der Waals surface area (Å²) in [5.74, 6) is -0.288. The number of hydrogen-bond acceptors (Lipinski definition) is 4. The van der Waals surface area contributed by atoms with Crippen LogP contribution in [0.2, 0.25) is 0 Å². The van der Waals surface area contributed by atoms with Gasteiger partial charge < -0.3 is 14.8 Å². The largest absolute Gasteiger partial charge is 0.464 e. The molecule has 1 N–H and O–H groups in total. The van der Waals surface area contributed by atoms with E-state index in [1.54, 1.807) is 0 Å². The number of carbonyl (C=O) groups is 2. The van der Waals surface area contributed by atoms with E-state index in [2.05, 4.69) is 19.2 Å². The first-order valence-corrected chi connectivity index (χ1v) is 10.3. The zero-order valence-corrected chi connectivity index (χ0v) is 16.2. The number of carbonyl (C=O) groups excluding carboxylic acids is 2. The molecule has 0 heterocycles. The van der Waals surface area contributed by atoms with Crippen molar-refractivity contribution in [1.29, 1.82) is 0 Å². The molecular weight excluding hydrogens is 318 g/mol. The van der Waals surface area contributed by atoms with Crippen LogP contribution in [-0.4, -0.2) is 30.8 Å². The predicted octanol–water partition coefficient (Wildman–Crippen LogP) is 5.12. The second kappa shape index (κ2) is 13.0. The Labute approximate surface area is 153 Å². The van der Waals surface area contributed by atoms with Crippen LogP contribution in [0.25, 0.3) is 0 Å². The maximum atomic E-state index is 12.5. The number of alkyl carbamates (subject to hydrolysis) is 1. The summed E-state index contributed by atoms with van der Waals surface area (Å²) in [4.78, 5) is 24.6. The lowest BCUT2D eigenvalue weighted by molar-refractivity contribution is -0.151. The molecule has 5 heteroatoms. The highest BCUT2D eigenvalue weighted by Crippen LogP contribution is 2.31. The van der Waals surface area contributed by atoms with Crippen molar-refractivity contribution in [3.63, 3.8) is 0 Å². The van der Waals surface area contributed by atoms with Gasteiger partial charge >= 0.3 is 12.1 Å². The summed E-state index contributed by atoms with van der Waals surface area (Å²) in [6, 6.07) is 0. The zero-order chi connectivity index (χ0) is 18.4. The lowest BCUT2D eigenvalue weighted by Crippen LogP contribution is -2.53. The van der Waals surface area contributed by atoms with E-state index in [1.807, 2.05) is 0 Å². The minimum atomic E-state index is -0.871. The third kappa shape index (κ3) is 8.59. The van der Waals surface area contributed by atoms with Crippen molar-refractivity contribution in [2.75, 3.05) is 13.2 Å². The van der Waals surface area contributed by atoms with Crippen LogP contribution in [0.1, 0.15) is 97.3 Å². The molecule has 1 rings (SSSR count). The average molecular weight is 356 g/mol. The minimum Gasteiger partial charge on any atom is -0.464 e. The molecule has 0 aromatic heterocycles. The summed E-state index contributed by atoms with van der Waals surface area (Å²) in [5.41, 5.74) is -0.871. The van der Waals surface area contributed by atoms with Crippen molar-refractivity contribution in [3.8, 4) is 0 Å². The van der Waals surface area contributed by atoms with Gasteiger partial charge in [0.05, 0.1) is 13.2 Å². The molecule has 5 nitrogen and oxygen atoms in total. The maximum Gasteiger partial charge on any atom is 0.408 e. The summed E-state index contributed by atoms with van der Waals surface area (Å²) in [7, 11) is 0. The lowest BCUT2D eigenvalue weighted by atomic mass is 9.98. The van der Waals surface area contributed by atoms with Crippen molar-refractivity contribution in [2.24, 2.45) is 0 Å². The second-order valence-corrected chi connectivity index (χ2v) is 7.16. The Bertz CT molecular complexity index is 378. The van der Waals surface area contributed by atoms with Crippen LogP contribution in [0.5, 0.6) is 0 Å². The smallest absolute Gasteiger partial charge is 0.408 e. The molecule has 0 aromatic carbocycles. The number of ether oxygens (including phenoxy) is 2. The van der Waals surface area contributed by atoms with E-state index in [0.29, 0.717) is 26.1 Å². The molecule has 1 amide bonds. The quantitative estimate of drug-likeness (QED) is 0.368. The van der Waals surface area contributed by atoms with Crippen LogP contribution >= 0.6 is 0 Å². The highest BCUT2D eigenvalue weighted by atomic mass is 16.6. The number of hydrogen-bond donors (Lipinski definition) is 1. The molecule has 1 aliphatic rings. The Morgan fingerprint density at radius 3 is 1.92 bits per heavy atom. The molecule has 0 atom stereocenters. The Hall–Kier alpha value is -1.26. The SMILES string of the molecule is CCCCCCCOC(=O)C1(NC(=O)OCCCCCC)CCCC1. The van der Waals surface area contributed by atoms with Crippen LogP contribution in [0.4, 0.5) is 4.79 Å². The fraction of sp³-hybridized carbons (Fsp3) is 0.900. The van der Waals surface area contributed by atoms with Gasteiger partial charge in [-0.2, -0.15) is 0 Å². The fourth-order valence-corrected chi connectivity index (χ4v) is 3.29. The Kier molecular flexibility index (Phi) is 11.3. The third-order valence-corrected chi connectivity index (χ3v) is 4.90. The number of nitrogens with one attached hydrogen (secondary N) is 1. The lowest BCUT2D eigenvalue weighted by Gasteiger charge is -2.27. The first kappa shape index (κ1) is 21.8. The van der Waals surface area contributed by atoms with Crippen molar-refractivity contribution < 1.29 is 19.1 Å². The van der Waals surface area contributed by atoms with E-state index in [4.69, 9.17) is 9.47 Å². The summed E-state index contributed by atoms with van der Waals surface area (Å²) in [6.07, 6.45) is 12.5.